The second-order valence-electron chi connectivity index (χ2n) is 1.31. The first kappa shape index (κ1) is 9.77. The number of rotatable bonds is 6. The van der Waals surface area contributed by atoms with E-state index in [0.29, 0.717) is 12.8 Å². The third-order valence-electron chi connectivity index (χ3n) is 0.622. The molecule has 2 N–H and O–H groups in total. The second-order valence-corrected chi connectivity index (χ2v) is 2.13. The van der Waals surface area contributed by atoms with Crippen LogP contribution in [0.5, 0.6) is 0 Å². The van der Waals surface area contributed by atoms with Gasteiger partial charge in [-0.15, -0.1) is 11.8 Å². The summed E-state index contributed by atoms with van der Waals surface area (Å²) in [5, 5.41) is 7.99. The van der Waals surface area contributed by atoms with Crippen molar-refractivity contribution in [2.75, 3.05) is 0 Å². The van der Waals surface area contributed by atoms with Crippen LogP contribution in [0.4, 0.5) is 0 Å². The number of nitrogens with one attached hydrogen (secondary N) is 2. The standard InChI is InChI=1S/C6H8N2O2S/c9-5-7-1-3-11-4-2-8-6-10/h1-6H,(H,7,9)(H,8,10)/b3-1+,4-2+. The zero-order valence-corrected chi connectivity index (χ0v) is 6.51. The Morgan fingerprint density at radius 2 is 1.36 bits per heavy atom. The number of thioether (sulfide) groups is 1. The summed E-state index contributed by atoms with van der Waals surface area (Å²) in [5.74, 6) is 0. The van der Waals surface area contributed by atoms with E-state index >= 15 is 0 Å². The van der Waals surface area contributed by atoms with Gasteiger partial charge in [-0.25, -0.2) is 0 Å². The van der Waals surface area contributed by atoms with E-state index in [1.807, 2.05) is 0 Å². The second kappa shape index (κ2) is 8.77. The number of carbonyl (C=O) groups excluding carboxylic acids is 2. The van der Waals surface area contributed by atoms with Crippen molar-refractivity contribution in [2.45, 2.75) is 0 Å². The summed E-state index contributed by atoms with van der Waals surface area (Å²) >= 11 is 1.33. The minimum Gasteiger partial charge on any atom is -0.335 e. The monoisotopic (exact) mass is 172 g/mol. The van der Waals surface area contributed by atoms with Crippen molar-refractivity contribution < 1.29 is 9.59 Å². The molecule has 0 unspecified atom stereocenters. The molecule has 0 aliphatic heterocycles. The quantitative estimate of drug-likeness (QED) is 0.561. The first-order valence-electron chi connectivity index (χ1n) is 2.76. The summed E-state index contributed by atoms with van der Waals surface area (Å²) in [4.78, 5) is 19.4. The van der Waals surface area contributed by atoms with E-state index in [9.17, 15) is 9.59 Å². The summed E-state index contributed by atoms with van der Waals surface area (Å²) in [6.07, 6.45) is 4.13. The van der Waals surface area contributed by atoms with Crippen molar-refractivity contribution in [3.63, 3.8) is 0 Å². The van der Waals surface area contributed by atoms with E-state index in [0.717, 1.165) is 0 Å². The fourth-order valence-corrected chi connectivity index (χ4v) is 0.686. The maximum absolute atomic E-state index is 9.69. The molecule has 4 nitrogen and oxygen atoms in total. The van der Waals surface area contributed by atoms with Gasteiger partial charge in [0.15, 0.2) is 0 Å². The van der Waals surface area contributed by atoms with Crippen LogP contribution in [0, 0.1) is 0 Å². The maximum atomic E-state index is 9.69. The predicted octanol–water partition coefficient (Wildman–Crippen LogP) is 0.154. The molecule has 0 radical (unpaired) electrons. The van der Waals surface area contributed by atoms with Crippen LogP contribution in [-0.2, 0) is 9.59 Å². The molecule has 5 heteroatoms. The molecule has 0 heterocycles. The van der Waals surface area contributed by atoms with Gasteiger partial charge in [-0.2, -0.15) is 0 Å². The Hall–Kier alpha value is -1.23. The average molecular weight is 172 g/mol. The number of hydrogen-bond acceptors (Lipinski definition) is 3. The van der Waals surface area contributed by atoms with Gasteiger partial charge in [-0.1, -0.05) is 0 Å². The van der Waals surface area contributed by atoms with E-state index in [4.69, 9.17) is 0 Å². The van der Waals surface area contributed by atoms with Crippen LogP contribution in [-0.4, -0.2) is 12.8 Å². The van der Waals surface area contributed by atoms with Crippen LogP contribution >= 0.6 is 11.8 Å². The molecule has 60 valence electrons. The molecular weight excluding hydrogens is 164 g/mol. The Bertz CT molecular complexity index is 150. The third-order valence-corrected chi connectivity index (χ3v) is 1.21. The zero-order chi connectivity index (χ0) is 8.36. The molecule has 0 spiro atoms. The molecule has 0 bridgehead atoms. The highest BCUT2D eigenvalue weighted by molar-refractivity contribution is 8.04. The van der Waals surface area contributed by atoms with Crippen LogP contribution < -0.4 is 10.6 Å². The molecule has 0 aromatic rings. The molecule has 0 rings (SSSR count). The molecular formula is C6H8N2O2S. The normalized spacial score (nSPS) is 10.2. The lowest BCUT2D eigenvalue weighted by Gasteiger charge is -1.83. The maximum Gasteiger partial charge on any atom is 0.211 e. The van der Waals surface area contributed by atoms with Gasteiger partial charge in [0.1, 0.15) is 0 Å². The summed E-state index contributed by atoms with van der Waals surface area (Å²) in [6, 6.07) is 0. The molecule has 0 aliphatic rings. The molecule has 0 saturated heterocycles. The number of carbonyl (C=O) groups is 2. The molecule has 0 saturated carbocycles. The predicted molar refractivity (Wildman–Crippen MR) is 44.3 cm³/mol. The van der Waals surface area contributed by atoms with Crippen molar-refractivity contribution in [1.82, 2.24) is 10.6 Å². The van der Waals surface area contributed by atoms with Crippen LogP contribution in [0.1, 0.15) is 0 Å². The molecule has 0 aromatic carbocycles. The van der Waals surface area contributed by atoms with E-state index in [2.05, 4.69) is 10.6 Å². The van der Waals surface area contributed by atoms with E-state index in [1.54, 1.807) is 10.8 Å². The zero-order valence-electron chi connectivity index (χ0n) is 5.69. The van der Waals surface area contributed by atoms with Crippen molar-refractivity contribution >= 4 is 24.6 Å². The van der Waals surface area contributed by atoms with Crippen molar-refractivity contribution in [3.05, 3.63) is 23.2 Å². The van der Waals surface area contributed by atoms with Gasteiger partial charge in [-0.3, -0.25) is 9.59 Å². The first-order chi connectivity index (χ1) is 5.41. The van der Waals surface area contributed by atoms with E-state index in [-0.39, 0.29) is 0 Å². The van der Waals surface area contributed by atoms with E-state index < -0.39 is 0 Å². The Kier molecular flexibility index (Phi) is 7.79. The third kappa shape index (κ3) is 8.77. The molecule has 0 fully saturated rings. The summed E-state index contributed by atoms with van der Waals surface area (Å²) in [5.41, 5.74) is 0. The van der Waals surface area contributed by atoms with Gasteiger partial charge < -0.3 is 10.6 Å². The van der Waals surface area contributed by atoms with Crippen LogP contribution in [0.2, 0.25) is 0 Å². The van der Waals surface area contributed by atoms with Gasteiger partial charge in [0, 0.05) is 12.4 Å². The lowest BCUT2D eigenvalue weighted by Crippen LogP contribution is -1.98. The lowest BCUT2D eigenvalue weighted by atomic mass is 11.0. The van der Waals surface area contributed by atoms with Gasteiger partial charge in [0.2, 0.25) is 12.8 Å². The van der Waals surface area contributed by atoms with Crippen molar-refractivity contribution in [3.8, 4) is 0 Å². The van der Waals surface area contributed by atoms with Gasteiger partial charge in [-0.05, 0) is 10.8 Å². The highest BCUT2D eigenvalue weighted by Gasteiger charge is 1.70. The van der Waals surface area contributed by atoms with Gasteiger partial charge in [0.05, 0.1) is 0 Å². The topological polar surface area (TPSA) is 58.2 Å². The van der Waals surface area contributed by atoms with Crippen molar-refractivity contribution in [1.29, 1.82) is 0 Å². The van der Waals surface area contributed by atoms with Crippen LogP contribution in [0.3, 0.4) is 0 Å². The number of amides is 2. The molecule has 0 atom stereocenters. The van der Waals surface area contributed by atoms with E-state index in [1.165, 1.54) is 24.2 Å². The minimum atomic E-state index is 0.574. The van der Waals surface area contributed by atoms with Crippen LogP contribution in [0.25, 0.3) is 0 Å². The SMILES string of the molecule is O=CN/C=C/S/C=C/NC=O. The van der Waals surface area contributed by atoms with Gasteiger partial charge in [0.25, 0.3) is 0 Å². The highest BCUT2D eigenvalue weighted by Crippen LogP contribution is 2.00. The Balaban J connectivity index is 3.24. The molecule has 0 aromatic heterocycles. The first-order valence-corrected chi connectivity index (χ1v) is 3.71. The average Bonchev–Trinajstić information content (AvgIpc) is 2.03. The Morgan fingerprint density at radius 1 is 0.909 bits per heavy atom. The molecule has 11 heavy (non-hydrogen) atoms. The molecule has 2 amide bonds. The van der Waals surface area contributed by atoms with Crippen molar-refractivity contribution in [2.24, 2.45) is 0 Å². The summed E-state index contributed by atoms with van der Waals surface area (Å²) in [7, 11) is 0. The van der Waals surface area contributed by atoms with Crippen LogP contribution in [0.15, 0.2) is 23.2 Å². The minimum absolute atomic E-state index is 0.574. The Labute approximate surface area is 68.7 Å². The van der Waals surface area contributed by atoms with Gasteiger partial charge >= 0.3 is 0 Å². The fraction of sp³-hybridized carbons (Fsp3) is 0. The lowest BCUT2D eigenvalue weighted by molar-refractivity contribution is -0.109. The summed E-state index contributed by atoms with van der Waals surface area (Å²) < 4.78 is 0. The Morgan fingerprint density at radius 3 is 1.73 bits per heavy atom. The summed E-state index contributed by atoms with van der Waals surface area (Å²) in [6.45, 7) is 0. The number of hydrogen-bond donors (Lipinski definition) is 2. The largest absolute Gasteiger partial charge is 0.335 e. The molecule has 0 aliphatic carbocycles. The highest BCUT2D eigenvalue weighted by atomic mass is 32.2. The fourth-order valence-electron chi connectivity index (χ4n) is 0.281. The smallest absolute Gasteiger partial charge is 0.211 e.